The van der Waals surface area contributed by atoms with E-state index in [1.54, 1.807) is 0 Å². The second kappa shape index (κ2) is 13.8. The number of carboxylic acid groups (broad SMARTS) is 1. The minimum atomic E-state index is -1.37. The maximum atomic E-state index is 11.8. The van der Waals surface area contributed by atoms with Gasteiger partial charge in [0.05, 0.1) is 0 Å². The van der Waals surface area contributed by atoms with Crippen molar-refractivity contribution in [2.24, 2.45) is 5.92 Å². The Hall–Kier alpha value is -3.00. The van der Waals surface area contributed by atoms with Gasteiger partial charge in [0.25, 0.3) is 0 Å². The number of carboxylic acids is 1. The average molecular weight is 521 g/mol. The summed E-state index contributed by atoms with van der Waals surface area (Å²) >= 11 is 5.24. The Morgan fingerprint density at radius 1 is 0.886 bits per heavy atom. The number of carbonyl (C=O) groups is 5. The molecule has 1 heterocycles. The van der Waals surface area contributed by atoms with Gasteiger partial charge in [-0.15, -0.1) is 0 Å². The normalized spacial score (nSPS) is 24.5. The molecule has 0 radical (unpaired) electrons. The van der Waals surface area contributed by atoms with E-state index in [-0.39, 0.29) is 17.5 Å². The fourth-order valence-corrected chi connectivity index (χ4v) is 3.62. The summed E-state index contributed by atoms with van der Waals surface area (Å²) in [4.78, 5) is 58.4. The van der Waals surface area contributed by atoms with Crippen LogP contribution in [0.1, 0.15) is 48.0 Å². The van der Waals surface area contributed by atoms with Gasteiger partial charge < -0.3 is 39.4 Å². The van der Waals surface area contributed by atoms with Crippen LogP contribution in [0.5, 0.6) is 0 Å². The topological polar surface area (TPSA) is 176 Å². The highest BCUT2D eigenvalue weighted by atomic mass is 32.1. The summed E-state index contributed by atoms with van der Waals surface area (Å²) in [6.07, 6.45) is -6.26. The first-order chi connectivity index (χ1) is 16.2. The fraction of sp³-hybridized carbons (Fsp3) is 0.714. The molecule has 1 aliphatic rings. The predicted octanol–water partition coefficient (Wildman–Crippen LogP) is 0.0329. The summed E-state index contributed by atoms with van der Waals surface area (Å²) in [5.41, 5.74) is 0. The Bertz CT molecular complexity index is 819. The van der Waals surface area contributed by atoms with E-state index in [1.165, 1.54) is 0 Å². The molecule has 0 aromatic heterocycles. The minimum absolute atomic E-state index is 0.0390. The highest BCUT2D eigenvalue weighted by Gasteiger charge is 2.52. The molecule has 0 aromatic carbocycles. The molecule has 13 nitrogen and oxygen atoms in total. The molecule has 0 aromatic rings. The molecule has 1 fully saturated rings. The van der Waals surface area contributed by atoms with Gasteiger partial charge in [0, 0.05) is 27.7 Å². The second-order valence-corrected chi connectivity index (χ2v) is 8.67. The molecule has 0 spiro atoms. The van der Waals surface area contributed by atoms with Crippen molar-refractivity contribution < 1.29 is 52.8 Å². The van der Waals surface area contributed by atoms with E-state index in [4.69, 9.17) is 35.9 Å². The number of ether oxygens (including phenoxy) is 5. The molecule has 6 atom stereocenters. The third kappa shape index (κ3) is 10.4. The third-order valence-electron chi connectivity index (χ3n) is 4.57. The van der Waals surface area contributed by atoms with Crippen LogP contribution in [-0.4, -0.2) is 83.4 Å². The molecule has 0 unspecified atom stereocenters. The van der Waals surface area contributed by atoms with Gasteiger partial charge in [0.2, 0.25) is 0 Å². The Morgan fingerprint density at radius 3 is 1.86 bits per heavy atom. The summed E-state index contributed by atoms with van der Waals surface area (Å²) in [6, 6.07) is -1.03. The number of nitrogens with one attached hydrogen (secondary N) is 2. The van der Waals surface area contributed by atoms with Crippen molar-refractivity contribution in [2.75, 3.05) is 6.61 Å². The van der Waals surface area contributed by atoms with Gasteiger partial charge in [-0.2, -0.15) is 0 Å². The van der Waals surface area contributed by atoms with E-state index in [1.807, 2.05) is 13.8 Å². The number of carbonyl (C=O) groups excluding carboxylic acids is 4. The van der Waals surface area contributed by atoms with Crippen molar-refractivity contribution in [3.05, 3.63) is 0 Å². The first kappa shape index (κ1) is 30.0. The van der Waals surface area contributed by atoms with E-state index < -0.39 is 73.1 Å². The molecule has 14 heteroatoms. The van der Waals surface area contributed by atoms with Crippen LogP contribution < -0.4 is 10.6 Å². The standard InChI is InChI=1S/C21H32N2O11S/c1-9(2)7-14(20(28)29)22-21(35)23-19-18(33-13(6)27)17(32-12(5)26)16(31-11(4)25)15(34-19)8-30-10(3)24/h9,14-19H,7-8H2,1-6H3,(H,28,29)(H2,22,23,35)/t14-,15-,16-,17+,18-,19-/m1/s1. The smallest absolute Gasteiger partial charge is 0.326 e. The Morgan fingerprint density at radius 2 is 1.40 bits per heavy atom. The molecule has 1 aliphatic heterocycles. The molecule has 35 heavy (non-hydrogen) atoms. The molecule has 0 saturated carbocycles. The predicted molar refractivity (Wildman–Crippen MR) is 122 cm³/mol. The van der Waals surface area contributed by atoms with Crippen LogP contribution in [0.2, 0.25) is 0 Å². The molecule has 1 saturated heterocycles. The number of hydrogen-bond acceptors (Lipinski definition) is 11. The summed E-state index contributed by atoms with van der Waals surface area (Å²) < 4.78 is 26.8. The summed E-state index contributed by atoms with van der Waals surface area (Å²) in [7, 11) is 0. The van der Waals surface area contributed by atoms with Crippen molar-refractivity contribution in [3.63, 3.8) is 0 Å². The molecule has 0 aliphatic carbocycles. The number of thiocarbonyl (C=S) groups is 1. The van der Waals surface area contributed by atoms with Crippen LogP contribution in [-0.2, 0) is 47.7 Å². The summed E-state index contributed by atoms with van der Waals surface area (Å²) in [5.74, 6) is -4.06. The highest BCUT2D eigenvalue weighted by Crippen LogP contribution is 2.28. The van der Waals surface area contributed by atoms with Crippen molar-refractivity contribution >= 4 is 47.2 Å². The Balaban J connectivity index is 3.31. The van der Waals surface area contributed by atoms with Gasteiger partial charge in [-0.05, 0) is 24.6 Å². The Kier molecular flexibility index (Phi) is 11.8. The molecule has 0 bridgehead atoms. The number of esters is 4. The first-order valence-corrected chi connectivity index (χ1v) is 11.2. The molecular weight excluding hydrogens is 488 g/mol. The van der Waals surface area contributed by atoms with Crippen LogP contribution in [0, 0.1) is 5.92 Å². The van der Waals surface area contributed by atoms with Crippen molar-refractivity contribution in [1.82, 2.24) is 10.6 Å². The lowest BCUT2D eigenvalue weighted by Crippen LogP contribution is -2.67. The lowest BCUT2D eigenvalue weighted by atomic mass is 9.97. The lowest BCUT2D eigenvalue weighted by Gasteiger charge is -2.44. The molecule has 1 rings (SSSR count). The molecule has 0 amide bonds. The van der Waals surface area contributed by atoms with Crippen LogP contribution in [0.25, 0.3) is 0 Å². The van der Waals surface area contributed by atoms with Gasteiger partial charge in [-0.1, -0.05) is 13.8 Å². The van der Waals surface area contributed by atoms with Crippen LogP contribution in [0.4, 0.5) is 0 Å². The zero-order chi connectivity index (χ0) is 26.9. The SMILES string of the molecule is CC(=O)OC[C@H]1O[C@@H](NC(=S)N[C@H](CC(C)C)C(=O)O)[C@H](OC(C)=O)[C@@H](OC(C)=O)[C@@H]1OC(C)=O. The van der Waals surface area contributed by atoms with Crippen LogP contribution >= 0.6 is 12.2 Å². The van der Waals surface area contributed by atoms with Crippen LogP contribution in [0.3, 0.4) is 0 Å². The molecular formula is C21H32N2O11S. The van der Waals surface area contributed by atoms with Crippen molar-refractivity contribution in [3.8, 4) is 0 Å². The Labute approximate surface area is 208 Å². The van der Waals surface area contributed by atoms with E-state index in [2.05, 4.69) is 10.6 Å². The van der Waals surface area contributed by atoms with Crippen molar-refractivity contribution in [2.45, 2.75) is 84.6 Å². The van der Waals surface area contributed by atoms with Gasteiger partial charge in [0.1, 0.15) is 18.8 Å². The number of aliphatic carboxylic acids is 1. The molecule has 3 N–H and O–H groups in total. The van der Waals surface area contributed by atoms with Crippen molar-refractivity contribution in [1.29, 1.82) is 0 Å². The maximum absolute atomic E-state index is 11.8. The minimum Gasteiger partial charge on any atom is -0.480 e. The third-order valence-corrected chi connectivity index (χ3v) is 4.81. The van der Waals surface area contributed by atoms with Gasteiger partial charge in [-0.3, -0.25) is 19.2 Å². The van der Waals surface area contributed by atoms with E-state index in [0.29, 0.717) is 0 Å². The van der Waals surface area contributed by atoms with E-state index in [0.717, 1.165) is 27.7 Å². The number of hydrogen-bond donors (Lipinski definition) is 3. The maximum Gasteiger partial charge on any atom is 0.326 e. The second-order valence-electron chi connectivity index (χ2n) is 8.26. The van der Waals surface area contributed by atoms with Gasteiger partial charge in [-0.25, -0.2) is 4.79 Å². The monoisotopic (exact) mass is 520 g/mol. The summed E-state index contributed by atoms with van der Waals surface area (Å²) in [6.45, 7) is 7.75. The average Bonchev–Trinajstić information content (AvgIpc) is 2.69. The fourth-order valence-electron chi connectivity index (χ4n) is 3.37. The van der Waals surface area contributed by atoms with Gasteiger partial charge in [0.15, 0.2) is 29.7 Å². The number of rotatable bonds is 10. The summed E-state index contributed by atoms with van der Waals surface area (Å²) in [5, 5.41) is 14.7. The van der Waals surface area contributed by atoms with Gasteiger partial charge >= 0.3 is 29.8 Å². The largest absolute Gasteiger partial charge is 0.480 e. The zero-order valence-corrected chi connectivity index (χ0v) is 21.2. The van der Waals surface area contributed by atoms with Crippen LogP contribution in [0.15, 0.2) is 0 Å². The van der Waals surface area contributed by atoms with E-state index in [9.17, 15) is 29.1 Å². The lowest BCUT2D eigenvalue weighted by molar-refractivity contribution is -0.254. The molecule has 198 valence electrons. The quantitative estimate of drug-likeness (QED) is 0.200. The first-order valence-electron chi connectivity index (χ1n) is 10.8. The zero-order valence-electron chi connectivity index (χ0n) is 20.4. The van der Waals surface area contributed by atoms with E-state index >= 15 is 0 Å². The highest BCUT2D eigenvalue weighted by molar-refractivity contribution is 7.80.